The minimum Gasteiger partial charge on any atom is -0.465 e. The van der Waals surface area contributed by atoms with Crippen molar-refractivity contribution in [2.45, 2.75) is 13.0 Å². The molecule has 0 aliphatic heterocycles. The van der Waals surface area contributed by atoms with E-state index in [1.807, 2.05) is 24.3 Å². The van der Waals surface area contributed by atoms with Gasteiger partial charge in [-0.1, -0.05) is 36.4 Å². The van der Waals surface area contributed by atoms with E-state index < -0.39 is 11.9 Å². The van der Waals surface area contributed by atoms with Gasteiger partial charge in [0.05, 0.1) is 31.8 Å². The van der Waals surface area contributed by atoms with Crippen LogP contribution in [0.1, 0.15) is 16.8 Å². The standard InChI is InChI=1S/C23H18N2O5/c1-29-23(28)18-12-15-6-2-3-7-16(15)13-21(18)30-22(27)10-11-25-19-9-5-4-8-17(19)20(26)14-24-25/h2-9,12-14H,10-11H2,1H3. The lowest BCUT2D eigenvalue weighted by Crippen LogP contribution is -2.17. The van der Waals surface area contributed by atoms with E-state index >= 15 is 0 Å². The molecular weight excluding hydrogens is 384 g/mol. The molecule has 7 heteroatoms. The van der Waals surface area contributed by atoms with E-state index in [9.17, 15) is 14.4 Å². The molecule has 150 valence electrons. The van der Waals surface area contributed by atoms with Crippen molar-refractivity contribution < 1.29 is 19.1 Å². The molecule has 0 fully saturated rings. The van der Waals surface area contributed by atoms with Crippen molar-refractivity contribution in [1.29, 1.82) is 0 Å². The Morgan fingerprint density at radius 1 is 1.00 bits per heavy atom. The van der Waals surface area contributed by atoms with E-state index in [1.54, 1.807) is 41.1 Å². The van der Waals surface area contributed by atoms with Gasteiger partial charge in [-0.15, -0.1) is 0 Å². The number of esters is 2. The van der Waals surface area contributed by atoms with Crippen LogP contribution >= 0.6 is 0 Å². The van der Waals surface area contributed by atoms with Gasteiger partial charge in [-0.05, 0) is 35.0 Å². The summed E-state index contributed by atoms with van der Waals surface area (Å²) in [5.41, 5.74) is 0.638. The van der Waals surface area contributed by atoms with Crippen molar-refractivity contribution >= 4 is 33.6 Å². The van der Waals surface area contributed by atoms with Crippen LogP contribution in [0, 0.1) is 0 Å². The molecule has 0 unspecified atom stereocenters. The molecule has 30 heavy (non-hydrogen) atoms. The molecule has 0 amide bonds. The highest BCUT2D eigenvalue weighted by molar-refractivity contribution is 5.99. The normalized spacial score (nSPS) is 10.8. The van der Waals surface area contributed by atoms with Crippen molar-refractivity contribution in [2.75, 3.05) is 7.11 Å². The molecule has 0 spiro atoms. The molecule has 4 rings (SSSR count). The van der Waals surface area contributed by atoms with Gasteiger partial charge in [0.15, 0.2) is 0 Å². The maximum absolute atomic E-state index is 12.5. The van der Waals surface area contributed by atoms with E-state index in [1.165, 1.54) is 13.3 Å². The summed E-state index contributed by atoms with van der Waals surface area (Å²) in [4.78, 5) is 36.6. The predicted molar refractivity (Wildman–Crippen MR) is 112 cm³/mol. The molecule has 3 aromatic carbocycles. The molecule has 1 aromatic heterocycles. The molecule has 0 saturated heterocycles. The number of methoxy groups -OCH3 is 1. The Morgan fingerprint density at radius 2 is 1.70 bits per heavy atom. The Kier molecular flexibility index (Phi) is 5.26. The summed E-state index contributed by atoms with van der Waals surface area (Å²) >= 11 is 0. The van der Waals surface area contributed by atoms with Gasteiger partial charge in [0.25, 0.3) is 0 Å². The molecule has 4 aromatic rings. The number of aryl methyl sites for hydroxylation is 1. The van der Waals surface area contributed by atoms with Crippen LogP contribution in [-0.2, 0) is 16.1 Å². The zero-order chi connectivity index (χ0) is 21.1. The first-order chi connectivity index (χ1) is 14.6. The van der Waals surface area contributed by atoms with Crippen molar-refractivity contribution in [3.8, 4) is 5.75 Å². The van der Waals surface area contributed by atoms with Gasteiger partial charge < -0.3 is 9.47 Å². The number of nitrogens with zero attached hydrogens (tertiary/aromatic N) is 2. The molecule has 0 bridgehead atoms. The number of benzene rings is 3. The molecule has 7 nitrogen and oxygen atoms in total. The number of fused-ring (bicyclic) bond motifs is 2. The number of hydrogen-bond donors (Lipinski definition) is 0. The summed E-state index contributed by atoms with van der Waals surface area (Å²) in [6.45, 7) is 0.223. The van der Waals surface area contributed by atoms with Crippen molar-refractivity contribution in [1.82, 2.24) is 9.78 Å². The largest absolute Gasteiger partial charge is 0.465 e. The zero-order valence-corrected chi connectivity index (χ0v) is 16.2. The van der Waals surface area contributed by atoms with E-state index in [0.717, 1.165) is 10.8 Å². The Balaban J connectivity index is 1.57. The molecule has 0 N–H and O–H groups in total. The first kappa shape index (κ1) is 19.3. The second kappa shape index (κ2) is 8.16. The number of rotatable bonds is 5. The fourth-order valence-electron chi connectivity index (χ4n) is 3.28. The predicted octanol–water partition coefficient (Wildman–Crippen LogP) is 3.33. The van der Waals surface area contributed by atoms with Crippen molar-refractivity contribution in [2.24, 2.45) is 0 Å². The van der Waals surface area contributed by atoms with E-state index in [0.29, 0.717) is 10.9 Å². The van der Waals surface area contributed by atoms with Gasteiger partial charge in [0.1, 0.15) is 11.3 Å². The quantitative estimate of drug-likeness (QED) is 0.376. The molecular formula is C23H18N2O5. The van der Waals surface area contributed by atoms with Crippen LogP contribution in [0.5, 0.6) is 5.75 Å². The number of para-hydroxylation sites is 1. The Bertz CT molecular complexity index is 1330. The van der Waals surface area contributed by atoms with Crippen LogP contribution in [0.3, 0.4) is 0 Å². The van der Waals surface area contributed by atoms with Gasteiger partial charge in [-0.3, -0.25) is 14.3 Å². The number of aromatic nitrogens is 2. The molecule has 0 saturated carbocycles. The SMILES string of the molecule is COC(=O)c1cc2ccccc2cc1OC(=O)CCn1ncc(=O)c2ccccc21. The second-order valence-corrected chi connectivity index (χ2v) is 6.66. The first-order valence-electron chi connectivity index (χ1n) is 9.33. The van der Waals surface area contributed by atoms with Crippen LogP contribution in [0.15, 0.2) is 71.7 Å². The fraction of sp³-hybridized carbons (Fsp3) is 0.130. The summed E-state index contributed by atoms with van der Waals surface area (Å²) in [6, 6.07) is 17.8. The minimum absolute atomic E-state index is 0.00725. The van der Waals surface area contributed by atoms with Crippen LogP contribution in [0.25, 0.3) is 21.7 Å². The lowest BCUT2D eigenvalue weighted by atomic mass is 10.1. The molecule has 0 aliphatic carbocycles. The van der Waals surface area contributed by atoms with Gasteiger partial charge >= 0.3 is 11.9 Å². The highest BCUT2D eigenvalue weighted by atomic mass is 16.5. The van der Waals surface area contributed by atoms with Crippen LogP contribution < -0.4 is 10.2 Å². The maximum Gasteiger partial charge on any atom is 0.341 e. The average Bonchev–Trinajstić information content (AvgIpc) is 2.78. The first-order valence-corrected chi connectivity index (χ1v) is 9.33. The van der Waals surface area contributed by atoms with E-state index in [4.69, 9.17) is 9.47 Å². The van der Waals surface area contributed by atoms with Gasteiger partial charge in [-0.2, -0.15) is 5.10 Å². The number of ether oxygens (including phenoxy) is 2. The molecule has 0 radical (unpaired) electrons. The second-order valence-electron chi connectivity index (χ2n) is 6.66. The van der Waals surface area contributed by atoms with Gasteiger partial charge in [0.2, 0.25) is 5.43 Å². The highest BCUT2D eigenvalue weighted by Crippen LogP contribution is 2.27. The van der Waals surface area contributed by atoms with Crippen molar-refractivity contribution in [3.63, 3.8) is 0 Å². The third-order valence-electron chi connectivity index (χ3n) is 4.77. The monoisotopic (exact) mass is 402 g/mol. The highest BCUT2D eigenvalue weighted by Gasteiger charge is 2.17. The molecule has 0 atom stereocenters. The van der Waals surface area contributed by atoms with Gasteiger partial charge in [0, 0.05) is 5.39 Å². The van der Waals surface area contributed by atoms with E-state index in [-0.39, 0.29) is 29.7 Å². The Labute approximate surface area is 171 Å². The summed E-state index contributed by atoms with van der Waals surface area (Å²) in [5, 5.41) is 6.31. The zero-order valence-electron chi connectivity index (χ0n) is 16.2. The van der Waals surface area contributed by atoms with E-state index in [2.05, 4.69) is 5.10 Å². The lowest BCUT2D eigenvalue weighted by molar-refractivity contribution is -0.134. The maximum atomic E-state index is 12.5. The fourth-order valence-corrected chi connectivity index (χ4v) is 3.28. The third kappa shape index (κ3) is 3.77. The van der Waals surface area contributed by atoms with Crippen LogP contribution in [-0.4, -0.2) is 28.8 Å². The third-order valence-corrected chi connectivity index (χ3v) is 4.77. The molecule has 0 aliphatic rings. The van der Waals surface area contributed by atoms with Crippen LogP contribution in [0.2, 0.25) is 0 Å². The van der Waals surface area contributed by atoms with Crippen molar-refractivity contribution in [3.05, 3.63) is 82.6 Å². The number of hydrogen-bond acceptors (Lipinski definition) is 6. The summed E-state index contributed by atoms with van der Waals surface area (Å²) in [5.74, 6) is -0.972. The smallest absolute Gasteiger partial charge is 0.341 e. The number of carbonyl (C=O) groups excluding carboxylic acids is 2. The summed E-state index contributed by atoms with van der Waals surface area (Å²) < 4.78 is 11.9. The number of carbonyl (C=O) groups is 2. The summed E-state index contributed by atoms with van der Waals surface area (Å²) in [6.07, 6.45) is 1.24. The van der Waals surface area contributed by atoms with Gasteiger partial charge in [-0.25, -0.2) is 4.79 Å². The average molecular weight is 402 g/mol. The Hall–Kier alpha value is -4.00. The summed E-state index contributed by atoms with van der Waals surface area (Å²) in [7, 11) is 1.27. The van der Waals surface area contributed by atoms with Crippen LogP contribution in [0.4, 0.5) is 0 Å². The Morgan fingerprint density at radius 3 is 2.47 bits per heavy atom. The minimum atomic E-state index is -0.586. The topological polar surface area (TPSA) is 87.5 Å². The lowest BCUT2D eigenvalue weighted by Gasteiger charge is -2.12. The molecule has 1 heterocycles.